The van der Waals surface area contributed by atoms with Crippen LogP contribution >= 0.6 is 21.2 Å². The van der Waals surface area contributed by atoms with Crippen molar-refractivity contribution in [1.29, 1.82) is 0 Å². The van der Waals surface area contributed by atoms with Gasteiger partial charge in [-0.1, -0.05) is 5.37 Å². The molecule has 0 spiro atoms. The average molecular weight is 106 g/mol. The van der Waals surface area contributed by atoms with Gasteiger partial charge >= 0.3 is 0 Å². The van der Waals surface area contributed by atoms with Crippen molar-refractivity contribution in [2.45, 2.75) is 6.42 Å². The monoisotopic (exact) mass is 106 g/mol. The zero-order valence-corrected chi connectivity index (χ0v) is 4.56. The molecule has 5 heavy (non-hydrogen) atoms. The maximum absolute atomic E-state index is 2.30. The highest BCUT2D eigenvalue weighted by molar-refractivity contribution is 8.75. The van der Waals surface area contributed by atoms with Crippen molar-refractivity contribution in [2.24, 2.45) is 0 Å². The maximum Gasteiger partial charge on any atom is 0.00693 e. The van der Waals surface area contributed by atoms with Gasteiger partial charge in [-0.2, -0.15) is 0 Å². The van der Waals surface area contributed by atoms with Crippen LogP contribution in [0, 0.1) is 0 Å². The second-order valence-corrected chi connectivity index (χ2v) is 3.56. The fraction of sp³-hybridized carbons (Fsp3) is 0.667. The molecule has 0 nitrogen and oxygen atoms in total. The van der Waals surface area contributed by atoms with E-state index in [1.807, 2.05) is 10.8 Å². The molecule has 0 bridgehead atoms. The predicted octanol–water partition coefficient (Wildman–Crippen LogP) is 1.31. The molecule has 0 fully saturated rings. The van der Waals surface area contributed by atoms with Crippen molar-refractivity contribution < 1.29 is 0 Å². The first-order valence-electron chi connectivity index (χ1n) is 1.64. The summed E-state index contributed by atoms with van der Waals surface area (Å²) in [4.78, 5) is 0. The molecule has 0 aromatic rings. The van der Waals surface area contributed by atoms with Crippen LogP contribution in [0.5, 0.6) is 0 Å². The van der Waals surface area contributed by atoms with Gasteiger partial charge in [0.15, 0.2) is 0 Å². The molecule has 0 N–H and O–H groups in total. The Morgan fingerprint density at radius 2 is 2.80 bits per heavy atom. The molecule has 1 aliphatic heterocycles. The van der Waals surface area contributed by atoms with Crippen molar-refractivity contribution in [1.82, 2.24) is 0 Å². The lowest BCUT2D eigenvalue weighted by atomic mass is 10.6. The lowest BCUT2D eigenvalue weighted by Crippen LogP contribution is -1.62. The Labute approximate surface area is 39.3 Å². The van der Waals surface area contributed by atoms with E-state index in [9.17, 15) is 0 Å². The molecule has 0 amide bonds. The van der Waals surface area contributed by atoms with E-state index in [2.05, 4.69) is 5.37 Å². The Kier molecular flexibility index (Phi) is 1.41. The van der Waals surface area contributed by atoms with Crippen molar-refractivity contribution in [3.8, 4) is 0 Å². The third-order valence-electron chi connectivity index (χ3n) is 0.487. The predicted molar refractivity (Wildman–Crippen MR) is 32.1 cm³/mol. The minimum absolute atomic E-state index is 1.33. The third-order valence-corrected chi connectivity index (χ3v) is 2.90. The summed E-state index contributed by atoms with van der Waals surface area (Å²) in [6.07, 6.45) is 1.33. The van der Waals surface area contributed by atoms with E-state index in [0.29, 0.717) is 0 Å². The Bertz CT molecular complexity index is 42.9. The van der Waals surface area contributed by atoms with Crippen LogP contribution in [-0.4, -0.2) is 11.1 Å². The van der Waals surface area contributed by atoms with E-state index in [1.54, 1.807) is 0 Å². The van der Waals surface area contributed by atoms with Crippen LogP contribution in [0.25, 0.3) is 0 Å². The highest BCUT2D eigenvalue weighted by Gasteiger charge is 1.84. The Morgan fingerprint density at radius 3 is 3.00 bits per heavy atom. The molecule has 30 valence electrons. The molecule has 1 heterocycles. The summed E-state index contributed by atoms with van der Waals surface area (Å²) in [7, 11) is 3.47. The molecule has 1 aliphatic rings. The lowest BCUT2D eigenvalue weighted by Gasteiger charge is -1.69. The molecule has 0 aliphatic carbocycles. The second-order valence-electron chi connectivity index (χ2n) is 0.910. The Balaban J connectivity index is 2.32. The van der Waals surface area contributed by atoms with Crippen LogP contribution in [-0.2, 0) is 0 Å². The van der Waals surface area contributed by atoms with Crippen molar-refractivity contribution in [2.75, 3.05) is 5.75 Å². The highest BCUT2D eigenvalue weighted by atomic mass is 33.1. The first kappa shape index (κ1) is 3.75. The van der Waals surface area contributed by atoms with Crippen LogP contribution in [0.2, 0.25) is 0 Å². The molecule has 2 heteroatoms. The zero-order valence-electron chi connectivity index (χ0n) is 2.85. The maximum atomic E-state index is 2.30. The normalized spacial score (nSPS) is 22.4. The zero-order chi connectivity index (χ0) is 3.54. The van der Waals surface area contributed by atoms with Crippen LogP contribution in [0.3, 0.4) is 0 Å². The molecular formula is C3H6S2. The van der Waals surface area contributed by atoms with Gasteiger partial charge in [-0.05, 0) is 6.42 Å². The van der Waals surface area contributed by atoms with Crippen LogP contribution in [0.15, 0.2) is 0 Å². The van der Waals surface area contributed by atoms with Gasteiger partial charge < -0.3 is 0 Å². The van der Waals surface area contributed by atoms with Gasteiger partial charge in [0, 0.05) is 5.75 Å². The van der Waals surface area contributed by atoms with E-state index < -0.39 is 0 Å². The van der Waals surface area contributed by atoms with E-state index in [4.69, 9.17) is 0 Å². The largest absolute Gasteiger partial charge is 0.147 e. The number of hydrogen-bond donors (Lipinski definition) is 1. The molecule has 1 rings (SSSR count). The second kappa shape index (κ2) is 1.88. The summed E-state index contributed by atoms with van der Waals surface area (Å²) in [6, 6.07) is 0. The number of rotatable bonds is 0. The molecule has 0 aromatic carbocycles. The number of thiol groups is 1. The highest BCUT2D eigenvalue weighted by Crippen LogP contribution is 2.18. The summed E-state index contributed by atoms with van der Waals surface area (Å²) < 4.78 is 0. The standard InChI is InChI=1S/C3H6S2/c1-2-4-5-3-1/h2,4H,1,3H2. The van der Waals surface area contributed by atoms with Gasteiger partial charge in [-0.3, -0.25) is 0 Å². The van der Waals surface area contributed by atoms with Gasteiger partial charge in [-0.15, -0.1) is 21.2 Å². The summed E-state index contributed by atoms with van der Waals surface area (Å²) in [6.45, 7) is 0. The minimum Gasteiger partial charge on any atom is -0.147 e. The van der Waals surface area contributed by atoms with E-state index in [0.717, 1.165) is 0 Å². The summed E-state index contributed by atoms with van der Waals surface area (Å²) in [5.41, 5.74) is 0. The van der Waals surface area contributed by atoms with Gasteiger partial charge in [0.1, 0.15) is 0 Å². The fourth-order valence-corrected chi connectivity index (χ4v) is 2.37. The van der Waals surface area contributed by atoms with Gasteiger partial charge in [0.25, 0.3) is 0 Å². The molecule has 0 aromatic heterocycles. The fourth-order valence-electron chi connectivity index (χ4n) is 0.264. The first-order chi connectivity index (χ1) is 2.50. The van der Waals surface area contributed by atoms with Gasteiger partial charge in [0.05, 0.1) is 0 Å². The molecule has 0 saturated heterocycles. The summed E-state index contributed by atoms with van der Waals surface area (Å²) in [5, 5.41) is 2.30. The lowest BCUT2D eigenvalue weighted by molar-refractivity contribution is 1.39. The van der Waals surface area contributed by atoms with Crippen molar-refractivity contribution in [3.05, 3.63) is 0 Å². The van der Waals surface area contributed by atoms with Crippen molar-refractivity contribution in [3.63, 3.8) is 0 Å². The van der Waals surface area contributed by atoms with E-state index in [-0.39, 0.29) is 0 Å². The Hall–Kier alpha value is 0.570. The first-order valence-corrected chi connectivity index (χ1v) is 4.19. The van der Waals surface area contributed by atoms with Crippen LogP contribution in [0.4, 0.5) is 0 Å². The van der Waals surface area contributed by atoms with Gasteiger partial charge in [-0.25, -0.2) is 0 Å². The summed E-state index contributed by atoms with van der Waals surface area (Å²) >= 11 is 0. The average Bonchev–Trinajstić information content (AvgIpc) is 1.76. The molecule has 0 radical (unpaired) electrons. The quantitative estimate of drug-likeness (QED) is 0.276. The van der Waals surface area contributed by atoms with Gasteiger partial charge in [0.2, 0.25) is 0 Å². The topological polar surface area (TPSA) is 0 Å². The van der Waals surface area contributed by atoms with E-state index >= 15 is 0 Å². The molecule has 0 atom stereocenters. The smallest absolute Gasteiger partial charge is 0.00693 e. The SMILES string of the molecule is C1=[SH]SCC1. The van der Waals surface area contributed by atoms with Crippen molar-refractivity contribution >= 4 is 26.5 Å². The minimum atomic E-state index is 1.33. The van der Waals surface area contributed by atoms with E-state index in [1.165, 1.54) is 22.6 Å². The van der Waals surface area contributed by atoms with Crippen LogP contribution < -0.4 is 0 Å². The summed E-state index contributed by atoms with van der Waals surface area (Å²) in [5.74, 6) is 1.35. The van der Waals surface area contributed by atoms with Crippen LogP contribution in [0.1, 0.15) is 6.42 Å². The molecule has 0 saturated carbocycles. The molecule has 0 unspecified atom stereocenters. The molecular weight excluding hydrogens is 100 g/mol. The Morgan fingerprint density at radius 1 is 1.80 bits per heavy atom. The number of hydrogen-bond acceptors (Lipinski definition) is 1. The third kappa shape index (κ3) is 0.973.